The summed E-state index contributed by atoms with van der Waals surface area (Å²) in [5.74, 6) is -1.40. The topological polar surface area (TPSA) is 167 Å². The monoisotopic (exact) mass is 368 g/mol. The van der Waals surface area contributed by atoms with Gasteiger partial charge in [0.1, 0.15) is 17.8 Å². The van der Waals surface area contributed by atoms with E-state index in [9.17, 15) is 14.7 Å². The van der Waals surface area contributed by atoms with Crippen LogP contribution in [0.15, 0.2) is 24.3 Å². The Morgan fingerprint density at radius 1 is 0.962 bits per heavy atom. The zero-order valence-electron chi connectivity index (χ0n) is 14.6. The fraction of sp³-hybridized carbons (Fsp3) is 0.556. The van der Waals surface area contributed by atoms with E-state index in [1.807, 2.05) is 0 Å². The molecule has 1 aromatic rings. The highest BCUT2D eigenvalue weighted by Gasteiger charge is 2.23. The van der Waals surface area contributed by atoms with E-state index < -0.39 is 24.0 Å². The van der Waals surface area contributed by atoms with Crippen molar-refractivity contribution in [2.45, 2.75) is 56.7 Å². The fourth-order valence-corrected chi connectivity index (χ4v) is 2.81. The molecule has 2 atom stereocenters. The summed E-state index contributed by atoms with van der Waals surface area (Å²) in [5, 5.41) is 35.3. The number of hydrogen-bond acceptors (Lipinski definition) is 6. The molecule has 0 heterocycles. The van der Waals surface area contributed by atoms with Crippen LogP contribution in [0.2, 0.25) is 0 Å². The Balaban J connectivity index is 0.000000260. The number of phenolic OH excluding ortho intramolecular Hbond substituents is 1. The summed E-state index contributed by atoms with van der Waals surface area (Å²) in [6, 6.07) is 4.69. The van der Waals surface area contributed by atoms with Gasteiger partial charge in [-0.25, -0.2) is 0 Å². The Morgan fingerprint density at radius 2 is 1.46 bits per heavy atom. The Morgan fingerprint density at radius 3 is 1.92 bits per heavy atom. The highest BCUT2D eigenvalue weighted by molar-refractivity contribution is 5.73. The molecule has 0 saturated heterocycles. The minimum absolute atomic E-state index is 0.160. The molecule has 1 unspecified atom stereocenters. The molecular formula is C18H28N2O6. The molecule has 1 saturated carbocycles. The predicted octanol–water partition coefficient (Wildman–Crippen LogP) is 0.686. The lowest BCUT2D eigenvalue weighted by molar-refractivity contribution is -0.139. The molecular weight excluding hydrogens is 340 g/mol. The molecule has 146 valence electrons. The molecule has 0 spiro atoms. The van der Waals surface area contributed by atoms with Gasteiger partial charge in [0.2, 0.25) is 0 Å². The van der Waals surface area contributed by atoms with Crippen molar-refractivity contribution in [3.05, 3.63) is 29.8 Å². The fourth-order valence-electron chi connectivity index (χ4n) is 2.81. The summed E-state index contributed by atoms with van der Waals surface area (Å²) < 4.78 is 0. The standard InChI is InChI=1S/C9H17NO3.C9H11NO3/c2*10-8(9(12)13)5-6-1-3-7(11)4-2-6/h6-8,11H,1-5,10H2,(H,12,13);1-4,8,11H,5,10H2,(H,12,13)/t6?,7?,8-;/m1./s1. The zero-order valence-corrected chi connectivity index (χ0v) is 14.6. The Bertz CT molecular complexity index is 570. The van der Waals surface area contributed by atoms with Gasteiger partial charge >= 0.3 is 11.9 Å². The van der Waals surface area contributed by atoms with Gasteiger partial charge in [0.15, 0.2) is 0 Å². The number of carboxylic acid groups (broad SMARTS) is 2. The van der Waals surface area contributed by atoms with Gasteiger partial charge in [-0.3, -0.25) is 9.59 Å². The minimum Gasteiger partial charge on any atom is -0.508 e. The third kappa shape index (κ3) is 8.28. The predicted molar refractivity (Wildman–Crippen MR) is 95.6 cm³/mol. The average Bonchev–Trinajstić information content (AvgIpc) is 2.59. The molecule has 0 radical (unpaired) electrons. The number of carboxylic acids is 2. The summed E-state index contributed by atoms with van der Waals surface area (Å²) in [7, 11) is 0. The van der Waals surface area contributed by atoms with E-state index in [1.165, 1.54) is 12.1 Å². The molecule has 8 nitrogen and oxygen atoms in total. The second kappa shape index (κ2) is 10.7. The number of phenols is 1. The van der Waals surface area contributed by atoms with Crippen molar-refractivity contribution >= 4 is 11.9 Å². The van der Waals surface area contributed by atoms with Gasteiger partial charge in [-0.2, -0.15) is 0 Å². The molecule has 2 rings (SSSR count). The number of rotatable bonds is 6. The Labute approximate surface area is 152 Å². The van der Waals surface area contributed by atoms with Crippen LogP contribution < -0.4 is 11.5 Å². The van der Waals surface area contributed by atoms with Gasteiger partial charge in [0.25, 0.3) is 0 Å². The number of aliphatic carboxylic acids is 2. The number of aliphatic hydroxyl groups is 1. The molecule has 1 aromatic carbocycles. The number of aliphatic hydroxyl groups excluding tert-OH is 1. The SMILES string of the molecule is NC(Cc1ccc(O)cc1)C(=O)O.N[C@H](CC1CCC(O)CC1)C(=O)O. The largest absolute Gasteiger partial charge is 0.508 e. The van der Waals surface area contributed by atoms with Gasteiger partial charge in [-0.05, 0) is 62.1 Å². The molecule has 0 bridgehead atoms. The maximum atomic E-state index is 10.5. The number of hydrogen-bond donors (Lipinski definition) is 6. The average molecular weight is 368 g/mol. The van der Waals surface area contributed by atoms with Crippen LogP contribution >= 0.6 is 0 Å². The lowest BCUT2D eigenvalue weighted by atomic mass is 9.83. The Kier molecular flexibility index (Phi) is 9.04. The molecule has 1 aliphatic carbocycles. The maximum absolute atomic E-state index is 10.5. The smallest absolute Gasteiger partial charge is 0.320 e. The van der Waals surface area contributed by atoms with Crippen LogP contribution in [0.4, 0.5) is 0 Å². The highest BCUT2D eigenvalue weighted by atomic mass is 16.4. The van der Waals surface area contributed by atoms with E-state index in [0.717, 1.165) is 31.2 Å². The first-order valence-corrected chi connectivity index (χ1v) is 8.61. The molecule has 0 amide bonds. The van der Waals surface area contributed by atoms with Crippen molar-refractivity contribution in [3.63, 3.8) is 0 Å². The van der Waals surface area contributed by atoms with Crippen molar-refractivity contribution in [2.75, 3.05) is 0 Å². The molecule has 0 aliphatic heterocycles. The summed E-state index contributed by atoms with van der Waals surface area (Å²) in [5.41, 5.74) is 11.5. The lowest BCUT2D eigenvalue weighted by Gasteiger charge is -2.26. The van der Waals surface area contributed by atoms with Crippen LogP contribution in [0.1, 0.15) is 37.7 Å². The second-order valence-corrected chi connectivity index (χ2v) is 6.67. The van der Waals surface area contributed by atoms with Crippen molar-refractivity contribution in [1.29, 1.82) is 0 Å². The van der Waals surface area contributed by atoms with Crippen LogP contribution in [0.25, 0.3) is 0 Å². The molecule has 0 aromatic heterocycles. The van der Waals surface area contributed by atoms with Crippen LogP contribution in [0.3, 0.4) is 0 Å². The van der Waals surface area contributed by atoms with E-state index in [4.69, 9.17) is 26.8 Å². The van der Waals surface area contributed by atoms with E-state index in [1.54, 1.807) is 12.1 Å². The first kappa shape index (κ1) is 21.9. The molecule has 1 fully saturated rings. The molecule has 1 aliphatic rings. The third-order valence-electron chi connectivity index (χ3n) is 4.43. The van der Waals surface area contributed by atoms with Gasteiger partial charge in [-0.15, -0.1) is 0 Å². The highest BCUT2D eigenvalue weighted by Crippen LogP contribution is 2.27. The number of nitrogens with two attached hydrogens (primary N) is 2. The number of carbonyl (C=O) groups is 2. The van der Waals surface area contributed by atoms with Crippen LogP contribution in [-0.2, 0) is 16.0 Å². The number of benzene rings is 1. The van der Waals surface area contributed by atoms with Gasteiger partial charge in [-0.1, -0.05) is 12.1 Å². The quantitative estimate of drug-likeness (QED) is 0.426. The summed E-state index contributed by atoms with van der Waals surface area (Å²) in [6.45, 7) is 0. The van der Waals surface area contributed by atoms with E-state index in [0.29, 0.717) is 12.3 Å². The normalized spacial score (nSPS) is 21.8. The number of aromatic hydroxyl groups is 1. The van der Waals surface area contributed by atoms with Gasteiger partial charge in [0, 0.05) is 0 Å². The summed E-state index contributed by atoms with van der Waals surface area (Å²) >= 11 is 0. The van der Waals surface area contributed by atoms with E-state index >= 15 is 0 Å². The van der Waals surface area contributed by atoms with Crippen LogP contribution in [0.5, 0.6) is 5.75 Å². The summed E-state index contributed by atoms with van der Waals surface area (Å²) in [6.07, 6.45) is 4.02. The van der Waals surface area contributed by atoms with Gasteiger partial charge in [0.05, 0.1) is 6.10 Å². The third-order valence-corrected chi connectivity index (χ3v) is 4.43. The zero-order chi connectivity index (χ0) is 19.7. The van der Waals surface area contributed by atoms with Crippen molar-refractivity contribution in [1.82, 2.24) is 0 Å². The first-order valence-electron chi connectivity index (χ1n) is 8.61. The summed E-state index contributed by atoms with van der Waals surface area (Å²) in [4.78, 5) is 20.9. The minimum atomic E-state index is -1.02. The molecule has 8 N–H and O–H groups in total. The maximum Gasteiger partial charge on any atom is 0.320 e. The van der Waals surface area contributed by atoms with Crippen molar-refractivity contribution in [2.24, 2.45) is 17.4 Å². The lowest BCUT2D eigenvalue weighted by Crippen LogP contribution is -2.33. The van der Waals surface area contributed by atoms with Crippen molar-refractivity contribution < 1.29 is 30.0 Å². The first-order chi connectivity index (χ1) is 12.2. The van der Waals surface area contributed by atoms with Crippen LogP contribution in [-0.4, -0.2) is 50.6 Å². The van der Waals surface area contributed by atoms with E-state index in [2.05, 4.69) is 0 Å². The Hall–Kier alpha value is -2.16. The van der Waals surface area contributed by atoms with Gasteiger partial charge < -0.3 is 31.9 Å². The molecule has 26 heavy (non-hydrogen) atoms. The second-order valence-electron chi connectivity index (χ2n) is 6.67. The molecule has 8 heteroatoms. The van der Waals surface area contributed by atoms with Crippen molar-refractivity contribution in [3.8, 4) is 5.75 Å². The van der Waals surface area contributed by atoms with Crippen LogP contribution in [0, 0.1) is 5.92 Å². The van der Waals surface area contributed by atoms with E-state index in [-0.39, 0.29) is 18.3 Å².